The first kappa shape index (κ1) is 16.5. The van der Waals surface area contributed by atoms with Crippen molar-refractivity contribution < 1.29 is 17.6 Å². The molecule has 5 nitrogen and oxygen atoms in total. The van der Waals surface area contributed by atoms with Crippen molar-refractivity contribution in [2.24, 2.45) is 0 Å². The average molecular weight is 364 g/mol. The van der Waals surface area contributed by atoms with Crippen LogP contribution in [0.1, 0.15) is 17.3 Å². The number of carbonyl (C=O) groups is 1. The molecule has 1 heterocycles. The van der Waals surface area contributed by atoms with Crippen LogP contribution in [-0.2, 0) is 9.84 Å². The highest BCUT2D eigenvalue weighted by Gasteiger charge is 2.21. The molecule has 0 aliphatic rings. The summed E-state index contributed by atoms with van der Waals surface area (Å²) < 4.78 is 38.5. The molecule has 0 bridgehead atoms. The average Bonchev–Trinajstić information content (AvgIpc) is 2.99. The number of hydrogen-bond donors (Lipinski definition) is 1. The first-order valence-electron chi connectivity index (χ1n) is 7.10. The minimum absolute atomic E-state index is 0.0303. The second-order valence-electron chi connectivity index (χ2n) is 4.96. The van der Waals surface area contributed by atoms with Gasteiger partial charge in [0.15, 0.2) is 15.0 Å². The van der Waals surface area contributed by atoms with E-state index in [9.17, 15) is 17.6 Å². The molecule has 0 unspecified atom stereocenters. The zero-order chi connectivity index (χ0) is 17.3. The van der Waals surface area contributed by atoms with Gasteiger partial charge in [0, 0.05) is 0 Å². The van der Waals surface area contributed by atoms with Crippen LogP contribution in [0.5, 0.6) is 0 Å². The minimum Gasteiger partial charge on any atom is -0.298 e. The Morgan fingerprint density at radius 1 is 1.21 bits per heavy atom. The third kappa shape index (κ3) is 3.02. The lowest BCUT2D eigenvalue weighted by atomic mass is 10.2. The Morgan fingerprint density at radius 2 is 1.96 bits per heavy atom. The number of amides is 1. The van der Waals surface area contributed by atoms with Crippen molar-refractivity contribution >= 4 is 42.4 Å². The predicted octanol–water partition coefficient (Wildman–Crippen LogP) is 3.48. The molecule has 0 aliphatic carbocycles. The second kappa shape index (κ2) is 6.29. The molecule has 2 aromatic carbocycles. The molecular formula is C16H13FN2O3S2. The first-order valence-corrected chi connectivity index (χ1v) is 9.57. The van der Waals surface area contributed by atoms with E-state index in [1.54, 1.807) is 24.3 Å². The van der Waals surface area contributed by atoms with Gasteiger partial charge in [-0.25, -0.2) is 17.8 Å². The number of sulfone groups is 1. The molecule has 0 spiro atoms. The lowest BCUT2D eigenvalue weighted by molar-refractivity contribution is 0.102. The number of hydrogen-bond acceptors (Lipinski definition) is 5. The van der Waals surface area contributed by atoms with Gasteiger partial charge in [-0.15, -0.1) is 0 Å². The van der Waals surface area contributed by atoms with Gasteiger partial charge in [-0.05, 0) is 24.3 Å². The predicted molar refractivity (Wildman–Crippen MR) is 91.7 cm³/mol. The van der Waals surface area contributed by atoms with Gasteiger partial charge in [-0.3, -0.25) is 10.1 Å². The van der Waals surface area contributed by atoms with Crippen LogP contribution in [-0.4, -0.2) is 25.1 Å². The fourth-order valence-corrected chi connectivity index (χ4v) is 4.18. The van der Waals surface area contributed by atoms with E-state index in [-0.39, 0.29) is 26.9 Å². The zero-order valence-corrected chi connectivity index (χ0v) is 14.2. The summed E-state index contributed by atoms with van der Waals surface area (Å²) in [4.78, 5) is 16.5. The quantitative estimate of drug-likeness (QED) is 0.769. The lowest BCUT2D eigenvalue weighted by Gasteiger charge is -2.08. The molecule has 1 N–H and O–H groups in total. The maximum atomic E-state index is 13.7. The first-order chi connectivity index (χ1) is 11.4. The number of aromatic nitrogens is 1. The Balaban J connectivity index is 1.97. The zero-order valence-electron chi connectivity index (χ0n) is 12.6. The number of anilines is 1. The highest BCUT2D eigenvalue weighted by molar-refractivity contribution is 7.91. The molecule has 0 saturated heterocycles. The molecule has 3 rings (SSSR count). The maximum Gasteiger partial charge on any atom is 0.258 e. The van der Waals surface area contributed by atoms with E-state index in [2.05, 4.69) is 10.3 Å². The molecule has 0 fully saturated rings. The maximum absolute atomic E-state index is 13.7. The van der Waals surface area contributed by atoms with E-state index < -0.39 is 21.6 Å². The third-order valence-corrected chi connectivity index (χ3v) is 6.16. The summed E-state index contributed by atoms with van der Waals surface area (Å²) in [5, 5.41) is 2.76. The summed E-state index contributed by atoms with van der Waals surface area (Å²) >= 11 is 1.12. The van der Waals surface area contributed by atoms with Crippen molar-refractivity contribution in [1.82, 2.24) is 4.98 Å². The van der Waals surface area contributed by atoms with E-state index in [0.29, 0.717) is 4.70 Å². The van der Waals surface area contributed by atoms with Crippen molar-refractivity contribution in [2.75, 3.05) is 11.1 Å². The number of carbonyl (C=O) groups excluding carboxylic acids is 1. The number of halogens is 1. The Morgan fingerprint density at radius 3 is 2.67 bits per heavy atom. The van der Waals surface area contributed by atoms with Gasteiger partial charge >= 0.3 is 0 Å². The molecule has 0 radical (unpaired) electrons. The number of para-hydroxylation sites is 1. The van der Waals surface area contributed by atoms with Crippen molar-refractivity contribution in [1.29, 1.82) is 0 Å². The normalized spacial score (nSPS) is 11.6. The minimum atomic E-state index is -3.54. The molecule has 0 atom stereocenters. The van der Waals surface area contributed by atoms with Crippen molar-refractivity contribution in [3.05, 3.63) is 53.8 Å². The molecule has 1 aromatic heterocycles. The Hall–Kier alpha value is -2.32. The van der Waals surface area contributed by atoms with E-state index in [1.165, 1.54) is 25.1 Å². The molecule has 24 heavy (non-hydrogen) atoms. The topological polar surface area (TPSA) is 76.1 Å². The molecule has 1 amide bonds. The molecule has 124 valence electrons. The van der Waals surface area contributed by atoms with Crippen LogP contribution in [0.2, 0.25) is 0 Å². The second-order valence-corrected chi connectivity index (χ2v) is 8.24. The van der Waals surface area contributed by atoms with Crippen LogP contribution in [0, 0.1) is 5.82 Å². The Bertz CT molecular complexity index is 1030. The number of thiazole rings is 1. The monoisotopic (exact) mass is 364 g/mol. The van der Waals surface area contributed by atoms with Crippen LogP contribution in [0.15, 0.2) is 47.4 Å². The highest BCUT2D eigenvalue weighted by Crippen LogP contribution is 2.28. The van der Waals surface area contributed by atoms with Crippen LogP contribution in [0.25, 0.3) is 10.2 Å². The molecule has 8 heteroatoms. The number of nitrogens with one attached hydrogen (secondary N) is 1. The fourth-order valence-electron chi connectivity index (χ4n) is 2.21. The lowest BCUT2D eigenvalue weighted by Crippen LogP contribution is -2.17. The SMILES string of the molecule is CCS(=O)(=O)c1ccccc1C(=O)Nc1nc2c(F)cccc2s1. The van der Waals surface area contributed by atoms with Gasteiger partial charge in [0.05, 0.1) is 20.9 Å². The van der Waals surface area contributed by atoms with Gasteiger partial charge in [0.2, 0.25) is 0 Å². The molecule has 0 saturated carbocycles. The highest BCUT2D eigenvalue weighted by atomic mass is 32.2. The van der Waals surface area contributed by atoms with Crippen LogP contribution in [0.3, 0.4) is 0 Å². The van der Waals surface area contributed by atoms with E-state index in [4.69, 9.17) is 0 Å². The summed E-state index contributed by atoms with van der Waals surface area (Å²) in [5.74, 6) is -1.18. The number of rotatable bonds is 4. The van der Waals surface area contributed by atoms with Crippen LogP contribution in [0.4, 0.5) is 9.52 Å². The third-order valence-electron chi connectivity index (χ3n) is 3.44. The number of benzene rings is 2. The largest absolute Gasteiger partial charge is 0.298 e. The van der Waals surface area contributed by atoms with E-state index in [0.717, 1.165) is 11.3 Å². The van der Waals surface area contributed by atoms with E-state index >= 15 is 0 Å². The summed E-state index contributed by atoms with van der Waals surface area (Å²) in [6, 6.07) is 10.5. The van der Waals surface area contributed by atoms with Gasteiger partial charge in [0.25, 0.3) is 5.91 Å². The summed E-state index contributed by atoms with van der Waals surface area (Å²) in [5.41, 5.74) is 0.214. The van der Waals surface area contributed by atoms with Crippen molar-refractivity contribution in [2.45, 2.75) is 11.8 Å². The van der Waals surface area contributed by atoms with E-state index in [1.807, 2.05) is 0 Å². The van der Waals surface area contributed by atoms with Gasteiger partial charge in [-0.1, -0.05) is 36.5 Å². The van der Waals surface area contributed by atoms with Crippen molar-refractivity contribution in [3.8, 4) is 0 Å². The Labute approximate surface area is 142 Å². The standard InChI is InChI=1S/C16H13FN2O3S2/c1-2-24(21,22)13-9-4-3-6-10(13)15(20)19-16-18-14-11(17)7-5-8-12(14)23-16/h3-9H,2H2,1H3,(H,18,19,20). The van der Waals surface area contributed by atoms with Crippen LogP contribution >= 0.6 is 11.3 Å². The number of nitrogens with zero attached hydrogens (tertiary/aromatic N) is 1. The molecule has 3 aromatic rings. The van der Waals surface area contributed by atoms with Gasteiger partial charge < -0.3 is 0 Å². The fraction of sp³-hybridized carbons (Fsp3) is 0.125. The summed E-state index contributed by atoms with van der Waals surface area (Å²) in [7, 11) is -3.54. The Kier molecular flexibility index (Phi) is 4.33. The number of fused-ring (bicyclic) bond motifs is 1. The summed E-state index contributed by atoms with van der Waals surface area (Å²) in [6.45, 7) is 1.51. The van der Waals surface area contributed by atoms with Gasteiger partial charge in [0.1, 0.15) is 11.3 Å². The van der Waals surface area contributed by atoms with Crippen LogP contribution < -0.4 is 5.32 Å². The molecular weight excluding hydrogens is 351 g/mol. The van der Waals surface area contributed by atoms with Gasteiger partial charge in [-0.2, -0.15) is 0 Å². The summed E-state index contributed by atoms with van der Waals surface area (Å²) in [6.07, 6.45) is 0. The molecule has 0 aliphatic heterocycles. The smallest absolute Gasteiger partial charge is 0.258 e. The van der Waals surface area contributed by atoms with Crippen molar-refractivity contribution in [3.63, 3.8) is 0 Å².